The van der Waals surface area contributed by atoms with Crippen LogP contribution in [0.4, 0.5) is 15.4 Å². The number of carbonyl (C=O) groups excluding carboxylic acids is 2. The molecular weight excluding hydrogens is 358 g/mol. The quantitative estimate of drug-likeness (QED) is 0.813. The fourth-order valence-electron chi connectivity index (χ4n) is 3.06. The molecule has 7 nitrogen and oxygen atoms in total. The van der Waals surface area contributed by atoms with E-state index >= 15 is 0 Å². The Bertz CT molecular complexity index is 684. The second kappa shape index (κ2) is 8.80. The zero-order valence-electron chi connectivity index (χ0n) is 17.9. The molecule has 0 atom stereocenters. The molecule has 0 aromatic carbocycles. The van der Waals surface area contributed by atoms with E-state index < -0.39 is 17.3 Å². The highest BCUT2D eigenvalue weighted by atomic mass is 16.6. The molecule has 0 aliphatic carbocycles. The molecular formula is C21H33N3O4. The lowest BCUT2D eigenvalue weighted by Gasteiger charge is -2.33. The Morgan fingerprint density at radius 1 is 1.11 bits per heavy atom. The number of likely N-dealkylation sites (tertiary alicyclic amines) is 1. The fourth-order valence-corrected chi connectivity index (χ4v) is 3.06. The van der Waals surface area contributed by atoms with Crippen LogP contribution in [0, 0.1) is 5.92 Å². The Morgan fingerprint density at radius 3 is 2.29 bits per heavy atom. The van der Waals surface area contributed by atoms with E-state index in [1.54, 1.807) is 11.1 Å². The van der Waals surface area contributed by atoms with Crippen LogP contribution in [-0.2, 0) is 15.9 Å². The van der Waals surface area contributed by atoms with Gasteiger partial charge in [0.25, 0.3) is 0 Å². The van der Waals surface area contributed by atoms with Crippen LogP contribution in [-0.4, -0.2) is 46.4 Å². The molecule has 28 heavy (non-hydrogen) atoms. The predicted molar refractivity (Wildman–Crippen MR) is 108 cm³/mol. The van der Waals surface area contributed by atoms with Crippen LogP contribution in [0.2, 0.25) is 0 Å². The SMILES string of the molecule is CC(C)(C)OC(=O)Nc1cc(CC2CCN(C(=O)OC(C)(C)C)CC2)ccn1. The summed E-state index contributed by atoms with van der Waals surface area (Å²) in [7, 11) is 0. The number of anilines is 1. The number of hydrogen-bond donors (Lipinski definition) is 1. The molecule has 0 unspecified atom stereocenters. The van der Waals surface area contributed by atoms with Crippen LogP contribution in [0.25, 0.3) is 0 Å². The van der Waals surface area contributed by atoms with Gasteiger partial charge in [0.2, 0.25) is 0 Å². The lowest BCUT2D eigenvalue weighted by atomic mass is 9.90. The van der Waals surface area contributed by atoms with Crippen molar-refractivity contribution in [2.24, 2.45) is 5.92 Å². The molecule has 156 valence electrons. The second-order valence-electron chi connectivity index (χ2n) is 9.29. The van der Waals surface area contributed by atoms with Gasteiger partial charge >= 0.3 is 12.2 Å². The van der Waals surface area contributed by atoms with Crippen molar-refractivity contribution in [2.75, 3.05) is 18.4 Å². The second-order valence-corrected chi connectivity index (χ2v) is 9.29. The molecule has 2 amide bonds. The molecule has 0 radical (unpaired) electrons. The van der Waals surface area contributed by atoms with Crippen LogP contribution in [0.5, 0.6) is 0 Å². The van der Waals surface area contributed by atoms with Gasteiger partial charge in [0.05, 0.1) is 0 Å². The lowest BCUT2D eigenvalue weighted by Crippen LogP contribution is -2.42. The number of carbonyl (C=O) groups is 2. The maximum atomic E-state index is 12.2. The lowest BCUT2D eigenvalue weighted by molar-refractivity contribution is 0.0184. The zero-order chi connectivity index (χ0) is 20.9. The summed E-state index contributed by atoms with van der Waals surface area (Å²) in [6.07, 6.45) is 3.68. The van der Waals surface area contributed by atoms with E-state index in [1.807, 2.05) is 53.7 Å². The molecule has 1 aliphatic rings. The number of nitrogens with one attached hydrogen (secondary N) is 1. The van der Waals surface area contributed by atoms with Crippen LogP contribution >= 0.6 is 0 Å². The van der Waals surface area contributed by atoms with E-state index in [2.05, 4.69) is 10.3 Å². The first-order chi connectivity index (χ1) is 12.9. The number of hydrogen-bond acceptors (Lipinski definition) is 5. The van der Waals surface area contributed by atoms with Gasteiger partial charge in [-0.15, -0.1) is 0 Å². The van der Waals surface area contributed by atoms with Crippen LogP contribution < -0.4 is 5.32 Å². The number of nitrogens with zero attached hydrogens (tertiary/aromatic N) is 2. The Morgan fingerprint density at radius 2 is 1.71 bits per heavy atom. The average molecular weight is 392 g/mol. The van der Waals surface area contributed by atoms with Gasteiger partial charge in [-0.05, 0) is 84.4 Å². The summed E-state index contributed by atoms with van der Waals surface area (Å²) in [5, 5.41) is 2.68. The van der Waals surface area contributed by atoms with Crippen LogP contribution in [0.3, 0.4) is 0 Å². The van der Waals surface area contributed by atoms with Gasteiger partial charge in [-0.2, -0.15) is 0 Å². The third-order valence-electron chi connectivity index (χ3n) is 4.24. The molecule has 0 saturated carbocycles. The molecule has 7 heteroatoms. The maximum absolute atomic E-state index is 12.2. The van der Waals surface area contributed by atoms with Crippen molar-refractivity contribution in [1.82, 2.24) is 9.88 Å². The van der Waals surface area contributed by atoms with Crippen molar-refractivity contribution in [1.29, 1.82) is 0 Å². The largest absolute Gasteiger partial charge is 0.444 e. The molecule has 1 aromatic heterocycles. The normalized spacial score (nSPS) is 15.9. The monoisotopic (exact) mass is 391 g/mol. The number of ether oxygens (including phenoxy) is 2. The van der Waals surface area contributed by atoms with Gasteiger partial charge in [-0.1, -0.05) is 0 Å². The van der Waals surface area contributed by atoms with E-state index in [0.29, 0.717) is 24.8 Å². The highest BCUT2D eigenvalue weighted by Crippen LogP contribution is 2.24. The number of piperidine rings is 1. The van der Waals surface area contributed by atoms with E-state index in [4.69, 9.17) is 9.47 Å². The van der Waals surface area contributed by atoms with Crippen molar-refractivity contribution >= 4 is 18.0 Å². The minimum Gasteiger partial charge on any atom is -0.444 e. The molecule has 1 N–H and O–H groups in total. The minimum absolute atomic E-state index is 0.237. The van der Waals surface area contributed by atoms with Crippen molar-refractivity contribution in [3.63, 3.8) is 0 Å². The Labute approximate surface area is 167 Å². The summed E-state index contributed by atoms with van der Waals surface area (Å²) in [5.41, 5.74) is 0.0866. The van der Waals surface area contributed by atoms with Crippen LogP contribution in [0.1, 0.15) is 59.9 Å². The summed E-state index contributed by atoms with van der Waals surface area (Å²) in [5.74, 6) is 0.966. The van der Waals surface area contributed by atoms with Gasteiger partial charge in [0.1, 0.15) is 17.0 Å². The van der Waals surface area contributed by atoms with Crippen LogP contribution in [0.15, 0.2) is 18.3 Å². The summed E-state index contributed by atoms with van der Waals surface area (Å²) in [4.78, 5) is 30.0. The average Bonchev–Trinajstić information content (AvgIpc) is 2.52. The van der Waals surface area contributed by atoms with Gasteiger partial charge in [0.15, 0.2) is 0 Å². The van der Waals surface area contributed by atoms with E-state index in [-0.39, 0.29) is 6.09 Å². The Hall–Kier alpha value is -2.31. The van der Waals surface area contributed by atoms with Gasteiger partial charge in [-0.25, -0.2) is 14.6 Å². The van der Waals surface area contributed by atoms with Crippen molar-refractivity contribution in [3.05, 3.63) is 23.9 Å². The first-order valence-electron chi connectivity index (χ1n) is 9.84. The van der Waals surface area contributed by atoms with E-state index in [0.717, 1.165) is 24.8 Å². The van der Waals surface area contributed by atoms with E-state index in [1.165, 1.54) is 0 Å². The van der Waals surface area contributed by atoms with Gasteiger partial charge in [-0.3, -0.25) is 5.32 Å². The van der Waals surface area contributed by atoms with Crippen molar-refractivity contribution in [2.45, 2.75) is 72.0 Å². The molecule has 2 heterocycles. The summed E-state index contributed by atoms with van der Waals surface area (Å²) in [6, 6.07) is 3.84. The number of amides is 2. The third kappa shape index (κ3) is 7.74. The first kappa shape index (κ1) is 22.0. The topological polar surface area (TPSA) is 80.8 Å². The number of aromatic nitrogens is 1. The molecule has 0 spiro atoms. The highest BCUT2D eigenvalue weighted by molar-refractivity contribution is 5.83. The molecule has 1 aromatic rings. The Balaban J connectivity index is 1.85. The first-order valence-corrected chi connectivity index (χ1v) is 9.84. The van der Waals surface area contributed by atoms with Crippen molar-refractivity contribution < 1.29 is 19.1 Å². The van der Waals surface area contributed by atoms with Gasteiger partial charge in [0, 0.05) is 19.3 Å². The van der Waals surface area contributed by atoms with E-state index in [9.17, 15) is 9.59 Å². The Kier molecular flexibility index (Phi) is 6.91. The smallest absolute Gasteiger partial charge is 0.413 e. The minimum atomic E-state index is -0.552. The zero-order valence-corrected chi connectivity index (χ0v) is 17.9. The highest BCUT2D eigenvalue weighted by Gasteiger charge is 2.27. The van der Waals surface area contributed by atoms with Gasteiger partial charge < -0.3 is 14.4 Å². The van der Waals surface area contributed by atoms with Crippen molar-refractivity contribution in [3.8, 4) is 0 Å². The number of rotatable bonds is 3. The predicted octanol–water partition coefficient (Wildman–Crippen LogP) is 4.62. The molecule has 1 saturated heterocycles. The molecule has 2 rings (SSSR count). The number of pyridine rings is 1. The molecule has 1 fully saturated rings. The summed E-state index contributed by atoms with van der Waals surface area (Å²) >= 11 is 0. The molecule has 1 aliphatic heterocycles. The summed E-state index contributed by atoms with van der Waals surface area (Å²) in [6.45, 7) is 12.5. The maximum Gasteiger partial charge on any atom is 0.413 e. The third-order valence-corrected chi connectivity index (χ3v) is 4.24. The summed E-state index contributed by atoms with van der Waals surface area (Å²) < 4.78 is 10.7. The molecule has 0 bridgehead atoms. The fraction of sp³-hybridized carbons (Fsp3) is 0.667. The standard InChI is InChI=1S/C21H33N3O4/c1-20(2,3)27-18(25)23-17-14-16(7-10-22-17)13-15-8-11-24(12-9-15)19(26)28-21(4,5)6/h7,10,14-15H,8-9,11-13H2,1-6H3,(H,22,23,25).